The number of unbranched alkanes of at least 4 members (excludes halogenated alkanes) is 1. The number of aromatic hydroxyl groups is 1. The highest BCUT2D eigenvalue weighted by Gasteiger charge is 2.34. The zero-order valence-electron chi connectivity index (χ0n) is 29.5. The van der Waals surface area contributed by atoms with Crippen LogP contribution in [0.2, 0.25) is 5.02 Å². The summed E-state index contributed by atoms with van der Waals surface area (Å²) in [5, 5.41) is 12.0. The summed E-state index contributed by atoms with van der Waals surface area (Å²) in [4.78, 5) is 21.8. The quantitative estimate of drug-likeness (QED) is 0.106. The maximum absolute atomic E-state index is 15.1. The van der Waals surface area contributed by atoms with Gasteiger partial charge in [-0.3, -0.25) is 4.79 Å². The minimum Gasteiger partial charge on any atom is -0.508 e. The molecule has 0 radical (unpaired) electrons. The highest BCUT2D eigenvalue weighted by Crippen LogP contribution is 2.42. The SMILES string of the molecule is CS(=O)(=O)Oc1ccc(C(c2ccc(O)cc2)c2c(C(=O)N3CCN(c4ccccc4Cl)CC3)n(CCCCN3CCCC3)c3ccccc23)cc1. The van der Waals surface area contributed by atoms with Crippen LogP contribution in [-0.2, 0) is 16.7 Å². The van der Waals surface area contributed by atoms with Crippen LogP contribution in [0.1, 0.15) is 58.8 Å². The molecule has 0 saturated carbocycles. The zero-order valence-corrected chi connectivity index (χ0v) is 31.0. The summed E-state index contributed by atoms with van der Waals surface area (Å²) in [5.41, 5.74) is 5.27. The van der Waals surface area contributed by atoms with Gasteiger partial charge in [0.15, 0.2) is 0 Å². The summed E-state index contributed by atoms with van der Waals surface area (Å²) in [6, 6.07) is 30.2. The fraction of sp³-hybridized carbons (Fsp3) is 0.341. The Morgan fingerprint density at radius 2 is 1.40 bits per heavy atom. The van der Waals surface area contributed by atoms with Crippen LogP contribution in [0, 0.1) is 0 Å². The van der Waals surface area contributed by atoms with E-state index in [1.54, 1.807) is 24.3 Å². The fourth-order valence-corrected chi connectivity index (χ4v) is 8.50. The molecule has 5 aromatic rings. The standard InChI is InChI=1S/C41H45ClN4O5S/c1-52(49,50)51-33-20-16-31(17-21-33)38(30-14-18-32(47)19-15-30)39-34-10-2-4-12-36(34)46(25-9-8-24-43-22-6-7-23-43)40(39)41(48)45-28-26-44(27-29-45)37-13-5-3-11-35(37)42/h2-5,10-21,38,47H,6-9,22-29H2,1H3. The lowest BCUT2D eigenvalue weighted by atomic mass is 9.83. The topological polar surface area (TPSA) is 95.3 Å². The number of phenols is 1. The number of aromatic nitrogens is 1. The Bertz CT molecular complexity index is 2120. The summed E-state index contributed by atoms with van der Waals surface area (Å²) >= 11 is 6.56. The largest absolute Gasteiger partial charge is 0.508 e. The van der Waals surface area contributed by atoms with Crippen molar-refractivity contribution in [3.8, 4) is 11.5 Å². The van der Waals surface area contributed by atoms with Gasteiger partial charge < -0.3 is 28.6 Å². The van der Waals surface area contributed by atoms with E-state index in [1.165, 1.54) is 12.8 Å². The Balaban J connectivity index is 1.32. The number of para-hydroxylation sites is 2. The number of benzene rings is 4. The van der Waals surface area contributed by atoms with E-state index < -0.39 is 16.0 Å². The molecule has 2 saturated heterocycles. The van der Waals surface area contributed by atoms with E-state index >= 15 is 4.79 Å². The van der Waals surface area contributed by atoms with Crippen LogP contribution >= 0.6 is 11.6 Å². The lowest BCUT2D eigenvalue weighted by Gasteiger charge is -2.37. The van der Waals surface area contributed by atoms with Gasteiger partial charge in [0.2, 0.25) is 0 Å². The number of piperazine rings is 1. The molecule has 1 unspecified atom stereocenters. The number of fused-ring (bicyclic) bond motifs is 1. The van der Waals surface area contributed by atoms with Crippen LogP contribution in [0.25, 0.3) is 10.9 Å². The predicted octanol–water partition coefficient (Wildman–Crippen LogP) is 7.36. The first kappa shape index (κ1) is 35.9. The molecule has 2 aliphatic heterocycles. The summed E-state index contributed by atoms with van der Waals surface area (Å²) in [7, 11) is -3.71. The van der Waals surface area contributed by atoms with Gasteiger partial charge in [-0.2, -0.15) is 8.42 Å². The van der Waals surface area contributed by atoms with Crippen molar-refractivity contribution in [2.24, 2.45) is 0 Å². The molecule has 1 atom stereocenters. The van der Waals surface area contributed by atoms with Crippen LogP contribution in [0.4, 0.5) is 5.69 Å². The molecule has 3 heterocycles. The van der Waals surface area contributed by atoms with Crippen LogP contribution in [-0.4, -0.2) is 85.9 Å². The second-order valence-electron chi connectivity index (χ2n) is 13.8. The summed E-state index contributed by atoms with van der Waals surface area (Å²) in [6.07, 6.45) is 5.50. The third kappa shape index (κ3) is 7.94. The molecule has 2 aliphatic rings. The molecule has 7 rings (SSSR count). The molecule has 0 bridgehead atoms. The second kappa shape index (κ2) is 15.6. The van der Waals surface area contributed by atoms with Gasteiger partial charge in [0.1, 0.15) is 17.2 Å². The van der Waals surface area contributed by atoms with Gasteiger partial charge in [-0.05, 0) is 98.9 Å². The molecule has 9 nitrogen and oxygen atoms in total. The van der Waals surface area contributed by atoms with Crippen LogP contribution in [0.5, 0.6) is 11.5 Å². The molecule has 2 fully saturated rings. The normalized spacial score (nSPS) is 16.0. The first-order valence-corrected chi connectivity index (χ1v) is 20.3. The van der Waals surface area contributed by atoms with Gasteiger partial charge >= 0.3 is 10.1 Å². The molecular weight excluding hydrogens is 696 g/mol. The number of hydrogen-bond donors (Lipinski definition) is 1. The van der Waals surface area contributed by atoms with E-state index in [-0.39, 0.29) is 17.4 Å². The third-order valence-corrected chi connectivity index (χ3v) is 11.1. The minimum absolute atomic E-state index is 0.0228. The maximum Gasteiger partial charge on any atom is 0.306 e. The van der Waals surface area contributed by atoms with Crippen molar-refractivity contribution in [3.63, 3.8) is 0 Å². The van der Waals surface area contributed by atoms with E-state index in [2.05, 4.69) is 26.5 Å². The van der Waals surface area contributed by atoms with Crippen molar-refractivity contribution in [2.45, 2.75) is 38.1 Å². The number of aryl methyl sites for hydroxylation is 1. The summed E-state index contributed by atoms with van der Waals surface area (Å²) < 4.78 is 31.2. The van der Waals surface area contributed by atoms with Crippen molar-refractivity contribution in [3.05, 3.63) is 124 Å². The molecule has 1 N–H and O–H groups in total. The molecule has 52 heavy (non-hydrogen) atoms. The van der Waals surface area contributed by atoms with Gasteiger partial charge in [0, 0.05) is 55.1 Å². The number of anilines is 1. The van der Waals surface area contributed by atoms with Crippen LogP contribution in [0.15, 0.2) is 97.1 Å². The smallest absolute Gasteiger partial charge is 0.306 e. The number of carbonyl (C=O) groups excluding carboxylic acids is 1. The molecule has 11 heteroatoms. The number of nitrogens with zero attached hydrogens (tertiary/aromatic N) is 4. The van der Waals surface area contributed by atoms with E-state index in [4.69, 9.17) is 15.8 Å². The maximum atomic E-state index is 15.1. The average Bonchev–Trinajstić information content (AvgIpc) is 3.78. The highest BCUT2D eigenvalue weighted by atomic mass is 35.5. The Morgan fingerprint density at radius 1 is 0.788 bits per heavy atom. The lowest BCUT2D eigenvalue weighted by Crippen LogP contribution is -2.49. The molecule has 0 spiro atoms. The van der Waals surface area contributed by atoms with Crippen molar-refractivity contribution in [1.82, 2.24) is 14.4 Å². The predicted molar refractivity (Wildman–Crippen MR) is 207 cm³/mol. The Kier molecular flexibility index (Phi) is 10.8. The summed E-state index contributed by atoms with van der Waals surface area (Å²) in [5.74, 6) is -0.0753. The Morgan fingerprint density at radius 3 is 2.08 bits per heavy atom. The molecule has 272 valence electrons. The van der Waals surface area contributed by atoms with E-state index in [9.17, 15) is 13.5 Å². The molecule has 1 amide bonds. The van der Waals surface area contributed by atoms with Gasteiger partial charge in [-0.1, -0.05) is 66.2 Å². The number of hydrogen-bond acceptors (Lipinski definition) is 7. The number of amides is 1. The number of halogens is 1. The van der Waals surface area contributed by atoms with Gasteiger partial charge in [-0.15, -0.1) is 0 Å². The van der Waals surface area contributed by atoms with E-state index in [1.807, 2.05) is 65.6 Å². The number of likely N-dealkylation sites (tertiary alicyclic amines) is 1. The third-order valence-electron chi connectivity index (χ3n) is 10.3. The van der Waals surface area contributed by atoms with Gasteiger partial charge in [-0.25, -0.2) is 0 Å². The lowest BCUT2D eigenvalue weighted by molar-refractivity contribution is 0.0734. The minimum atomic E-state index is -3.71. The molecule has 4 aromatic carbocycles. The molecular formula is C41H45ClN4O5S. The second-order valence-corrected chi connectivity index (χ2v) is 15.8. The monoisotopic (exact) mass is 740 g/mol. The number of carbonyl (C=O) groups is 1. The first-order chi connectivity index (χ1) is 25.2. The summed E-state index contributed by atoms with van der Waals surface area (Å²) in [6.45, 7) is 6.46. The molecule has 0 aliphatic carbocycles. The van der Waals surface area contributed by atoms with Crippen molar-refractivity contribution >= 4 is 44.2 Å². The Hall–Kier alpha value is -4.51. The number of phenolic OH excluding ortho intramolecular Hbond substituents is 1. The van der Waals surface area contributed by atoms with Crippen LogP contribution in [0.3, 0.4) is 0 Å². The zero-order chi connectivity index (χ0) is 36.2. The van der Waals surface area contributed by atoms with E-state index in [0.29, 0.717) is 43.4 Å². The highest BCUT2D eigenvalue weighted by molar-refractivity contribution is 7.86. The van der Waals surface area contributed by atoms with Crippen molar-refractivity contribution in [1.29, 1.82) is 0 Å². The molecule has 1 aromatic heterocycles. The van der Waals surface area contributed by atoms with E-state index in [0.717, 1.165) is 72.0 Å². The fourth-order valence-electron chi connectivity index (χ4n) is 7.79. The van der Waals surface area contributed by atoms with Crippen molar-refractivity contribution in [2.75, 3.05) is 57.0 Å². The Labute approximate surface area is 311 Å². The van der Waals surface area contributed by atoms with Gasteiger partial charge in [0.05, 0.1) is 17.0 Å². The van der Waals surface area contributed by atoms with Crippen molar-refractivity contribution < 1.29 is 22.5 Å². The van der Waals surface area contributed by atoms with Gasteiger partial charge in [0.25, 0.3) is 5.91 Å². The van der Waals surface area contributed by atoms with Crippen LogP contribution < -0.4 is 9.08 Å². The average molecular weight is 741 g/mol. The first-order valence-electron chi connectivity index (χ1n) is 18.1. The number of rotatable bonds is 12.